The van der Waals surface area contributed by atoms with E-state index in [1.54, 1.807) is 18.5 Å². The van der Waals surface area contributed by atoms with Crippen molar-refractivity contribution in [1.82, 2.24) is 19.5 Å². The molecule has 13 heteroatoms. The molecule has 0 saturated carbocycles. The average Bonchev–Trinajstić information content (AvgIpc) is 3.43. The summed E-state index contributed by atoms with van der Waals surface area (Å²) < 4.78 is 6.82. The summed E-state index contributed by atoms with van der Waals surface area (Å²) in [6.07, 6.45) is 2.94. The standard InChI is InChI=1S/C24H32N6O5S2/c1-17(25)26-10-6-9-19(22(32)23-27-11-14-36-23)28-21(31)16-29-12-13-30(37-35-34-2)20(24(29)33)15-18-7-4-3-5-8-18/h3-5,7-8,11,14,19-20H,6,9-10,12-13,15-16H2,1-2H3,(H2,25,26)(H,28,31). The molecule has 1 aromatic carbocycles. The number of amidine groups is 1. The molecule has 200 valence electrons. The summed E-state index contributed by atoms with van der Waals surface area (Å²) in [5.41, 5.74) is 6.57. The molecule has 2 amide bonds. The molecule has 2 aromatic rings. The third-order valence-electron chi connectivity index (χ3n) is 5.64. The van der Waals surface area contributed by atoms with Gasteiger partial charge in [0.2, 0.25) is 17.6 Å². The van der Waals surface area contributed by atoms with Crippen LogP contribution in [-0.2, 0) is 25.2 Å². The minimum atomic E-state index is -0.769. The topological polar surface area (TPSA) is 139 Å². The van der Waals surface area contributed by atoms with Crippen molar-refractivity contribution in [2.24, 2.45) is 10.7 Å². The van der Waals surface area contributed by atoms with Crippen LogP contribution in [0.2, 0.25) is 0 Å². The minimum Gasteiger partial charge on any atom is -0.388 e. The van der Waals surface area contributed by atoms with Gasteiger partial charge >= 0.3 is 0 Å². The minimum absolute atomic E-state index is 0.157. The highest BCUT2D eigenvalue weighted by Gasteiger charge is 2.37. The van der Waals surface area contributed by atoms with Gasteiger partial charge in [-0.1, -0.05) is 30.3 Å². The Morgan fingerprint density at radius 1 is 1.32 bits per heavy atom. The molecule has 0 bridgehead atoms. The fourth-order valence-electron chi connectivity index (χ4n) is 3.89. The average molecular weight is 549 g/mol. The number of aliphatic imine (C=N–C) groups is 1. The third kappa shape index (κ3) is 8.90. The molecule has 1 fully saturated rings. The Balaban J connectivity index is 1.66. The quantitative estimate of drug-likeness (QED) is 0.0529. The lowest BCUT2D eigenvalue weighted by Crippen LogP contribution is -2.58. The van der Waals surface area contributed by atoms with Gasteiger partial charge in [0.15, 0.2) is 5.01 Å². The van der Waals surface area contributed by atoms with Crippen LogP contribution in [0.15, 0.2) is 46.9 Å². The summed E-state index contributed by atoms with van der Waals surface area (Å²) in [6, 6.07) is 8.32. The van der Waals surface area contributed by atoms with E-state index in [0.29, 0.717) is 49.7 Å². The highest BCUT2D eigenvalue weighted by molar-refractivity contribution is 7.92. The maximum absolute atomic E-state index is 13.4. The maximum Gasteiger partial charge on any atom is 0.241 e. The molecular weight excluding hydrogens is 516 g/mol. The maximum atomic E-state index is 13.4. The summed E-state index contributed by atoms with van der Waals surface area (Å²) in [4.78, 5) is 53.9. The molecule has 1 aromatic heterocycles. The molecule has 0 spiro atoms. The first-order valence-electron chi connectivity index (χ1n) is 11.9. The molecule has 11 nitrogen and oxygen atoms in total. The molecular formula is C24H32N6O5S2. The van der Waals surface area contributed by atoms with E-state index in [1.807, 2.05) is 34.6 Å². The van der Waals surface area contributed by atoms with Crippen molar-refractivity contribution in [3.05, 3.63) is 52.5 Å². The number of hydrogen-bond acceptors (Lipinski definition) is 10. The predicted molar refractivity (Wildman–Crippen MR) is 143 cm³/mol. The number of piperazine rings is 1. The smallest absolute Gasteiger partial charge is 0.241 e. The number of benzene rings is 1. The summed E-state index contributed by atoms with van der Waals surface area (Å²) in [7, 11) is 1.40. The number of carbonyl (C=O) groups excluding carboxylic acids is 3. The van der Waals surface area contributed by atoms with Crippen LogP contribution in [0.25, 0.3) is 0 Å². The number of nitrogens with one attached hydrogen (secondary N) is 1. The molecule has 1 aliphatic rings. The van der Waals surface area contributed by atoms with Crippen molar-refractivity contribution in [2.45, 2.75) is 38.3 Å². The summed E-state index contributed by atoms with van der Waals surface area (Å²) in [5, 5.41) is 4.85. The molecule has 3 N–H and O–H groups in total. The number of carbonyl (C=O) groups is 3. The van der Waals surface area contributed by atoms with E-state index in [-0.39, 0.29) is 18.2 Å². The van der Waals surface area contributed by atoms with Gasteiger partial charge in [-0.05, 0) is 31.7 Å². The first kappa shape index (κ1) is 28.7. The van der Waals surface area contributed by atoms with Gasteiger partial charge in [0.1, 0.15) is 18.3 Å². The zero-order valence-electron chi connectivity index (χ0n) is 20.9. The summed E-state index contributed by atoms with van der Waals surface area (Å²) in [6.45, 7) is 2.79. The van der Waals surface area contributed by atoms with Gasteiger partial charge in [-0.2, -0.15) is 0 Å². The van der Waals surface area contributed by atoms with Gasteiger partial charge in [0.05, 0.1) is 25.5 Å². The van der Waals surface area contributed by atoms with Crippen molar-refractivity contribution in [1.29, 1.82) is 0 Å². The molecule has 1 saturated heterocycles. The van der Waals surface area contributed by atoms with Crippen molar-refractivity contribution in [3.8, 4) is 0 Å². The number of nitrogens with two attached hydrogens (primary N) is 1. The number of rotatable bonds is 14. The Hall–Kier alpha value is -2.84. The Morgan fingerprint density at radius 3 is 2.78 bits per heavy atom. The van der Waals surface area contributed by atoms with Crippen molar-refractivity contribution >= 4 is 47.0 Å². The first-order valence-corrected chi connectivity index (χ1v) is 13.4. The van der Waals surface area contributed by atoms with Gasteiger partial charge in [-0.15, -0.1) is 15.7 Å². The second-order valence-corrected chi connectivity index (χ2v) is 10.1. The predicted octanol–water partition coefficient (Wildman–Crippen LogP) is 1.86. The van der Waals surface area contributed by atoms with Crippen molar-refractivity contribution in [3.63, 3.8) is 0 Å². The number of amides is 2. The molecule has 2 heterocycles. The van der Waals surface area contributed by atoms with E-state index in [1.165, 1.54) is 23.3 Å². The lowest BCUT2D eigenvalue weighted by atomic mass is 10.0. The second kappa shape index (κ2) is 14.8. The zero-order chi connectivity index (χ0) is 26.6. The van der Waals surface area contributed by atoms with E-state index in [4.69, 9.17) is 15.0 Å². The van der Waals surface area contributed by atoms with E-state index in [0.717, 1.165) is 17.8 Å². The molecule has 1 aliphatic heterocycles. The van der Waals surface area contributed by atoms with Crippen LogP contribution in [-0.4, -0.2) is 83.0 Å². The summed E-state index contributed by atoms with van der Waals surface area (Å²) >= 11 is 2.19. The SMILES string of the molecule is COOSN1CCN(CC(=O)NC(CCCN=C(C)N)C(=O)c2nccs2)C(=O)C1Cc1ccccc1. The van der Waals surface area contributed by atoms with Crippen LogP contribution in [0.4, 0.5) is 0 Å². The van der Waals surface area contributed by atoms with Crippen LogP contribution < -0.4 is 11.1 Å². The molecule has 37 heavy (non-hydrogen) atoms. The molecule has 0 radical (unpaired) electrons. The largest absolute Gasteiger partial charge is 0.388 e. The highest BCUT2D eigenvalue weighted by atomic mass is 32.2. The number of ketones is 1. The van der Waals surface area contributed by atoms with Gasteiger partial charge in [0.25, 0.3) is 0 Å². The van der Waals surface area contributed by atoms with E-state index < -0.39 is 18.0 Å². The monoisotopic (exact) mass is 548 g/mol. The number of hydrogen-bond donors (Lipinski definition) is 2. The lowest BCUT2D eigenvalue weighted by Gasteiger charge is -2.38. The van der Waals surface area contributed by atoms with Gasteiger partial charge in [-0.3, -0.25) is 19.4 Å². The van der Waals surface area contributed by atoms with E-state index >= 15 is 0 Å². The Kier molecular flexibility index (Phi) is 11.5. The molecule has 2 atom stereocenters. The fraction of sp³-hybridized carbons (Fsp3) is 0.458. The van der Waals surface area contributed by atoms with Crippen LogP contribution in [0.1, 0.15) is 35.1 Å². The Morgan fingerprint density at radius 2 is 2.11 bits per heavy atom. The van der Waals surface area contributed by atoms with Crippen LogP contribution in [0.3, 0.4) is 0 Å². The van der Waals surface area contributed by atoms with Gasteiger partial charge in [-0.25, -0.2) is 14.2 Å². The first-order chi connectivity index (χ1) is 17.9. The van der Waals surface area contributed by atoms with Crippen LogP contribution in [0, 0.1) is 0 Å². The van der Waals surface area contributed by atoms with E-state index in [2.05, 4.69) is 15.3 Å². The number of Topliss-reactive ketones (excluding diaryl/α,β-unsaturated/α-hetero) is 1. The lowest BCUT2D eigenvalue weighted by molar-refractivity contribution is -0.166. The second-order valence-electron chi connectivity index (χ2n) is 8.40. The van der Waals surface area contributed by atoms with Crippen molar-refractivity contribution in [2.75, 3.05) is 33.3 Å². The normalized spacial score (nSPS) is 17.6. The summed E-state index contributed by atoms with van der Waals surface area (Å²) in [5.74, 6) is -0.408. The number of nitrogens with zero attached hydrogens (tertiary/aromatic N) is 4. The number of thiazole rings is 1. The van der Waals surface area contributed by atoms with Gasteiger partial charge in [0, 0.05) is 31.2 Å². The highest BCUT2D eigenvalue weighted by Crippen LogP contribution is 2.24. The number of aromatic nitrogens is 1. The zero-order valence-corrected chi connectivity index (χ0v) is 22.5. The third-order valence-corrected chi connectivity index (χ3v) is 7.26. The molecule has 2 unspecified atom stereocenters. The fourth-order valence-corrected chi connectivity index (χ4v) is 5.08. The molecule has 0 aliphatic carbocycles. The van der Waals surface area contributed by atoms with Crippen LogP contribution >= 0.6 is 23.6 Å². The van der Waals surface area contributed by atoms with Crippen molar-refractivity contribution < 1.29 is 23.6 Å². The van der Waals surface area contributed by atoms with Crippen LogP contribution in [0.5, 0.6) is 0 Å². The van der Waals surface area contributed by atoms with E-state index in [9.17, 15) is 14.4 Å². The Bertz CT molecular complexity index is 1050. The van der Waals surface area contributed by atoms with Gasteiger partial charge < -0.3 is 16.0 Å². The molecule has 3 rings (SSSR count). The Labute approximate surface area is 224 Å².